The molecule has 60 valence electrons. The maximum Gasteiger partial charge on any atom is 1.00 e. The Labute approximate surface area is 123 Å². The van der Waals surface area contributed by atoms with Crippen LogP contribution in [0.1, 0.15) is 17.6 Å². The molecule has 0 spiro atoms. The van der Waals surface area contributed by atoms with E-state index in [1.165, 1.54) is 6.07 Å². The summed E-state index contributed by atoms with van der Waals surface area (Å²) in [5, 5.41) is 8.55. The molecule has 1 N–H and O–H groups in total. The van der Waals surface area contributed by atoms with E-state index < -0.39 is 5.97 Å². The van der Waals surface area contributed by atoms with Crippen molar-refractivity contribution in [2.75, 3.05) is 0 Å². The van der Waals surface area contributed by atoms with E-state index in [4.69, 9.17) is 5.11 Å². The zero-order chi connectivity index (χ0) is 8.43. The Bertz CT molecular complexity index is 288. The van der Waals surface area contributed by atoms with Gasteiger partial charge >= 0.3 is 57.4 Å². The molecule has 3 nitrogen and oxygen atoms in total. The van der Waals surface area contributed by atoms with Crippen LogP contribution in [-0.4, -0.2) is 16.1 Å². The Morgan fingerprint density at radius 2 is 2.25 bits per heavy atom. The minimum atomic E-state index is -1.01. The second kappa shape index (κ2) is 5.46. The third-order valence-electron chi connectivity index (χ3n) is 1.14. The molecule has 0 unspecified atom stereocenters. The zero-order valence-corrected chi connectivity index (χ0v) is 11.5. The summed E-state index contributed by atoms with van der Waals surface area (Å²) in [6.07, 6.45) is 0. The van der Waals surface area contributed by atoms with Crippen LogP contribution in [0.5, 0.6) is 0 Å². The third kappa shape index (κ3) is 3.63. The van der Waals surface area contributed by atoms with Crippen molar-refractivity contribution < 1.29 is 62.7 Å². The van der Waals surface area contributed by atoms with Crippen molar-refractivity contribution in [2.45, 2.75) is 6.92 Å². The number of aromatic carboxylic acids is 1. The van der Waals surface area contributed by atoms with Crippen molar-refractivity contribution in [2.24, 2.45) is 0 Å². The summed E-state index contributed by atoms with van der Waals surface area (Å²) in [5.41, 5.74) is 0.758. The number of hydrogen-bond donors (Lipinski definition) is 1. The summed E-state index contributed by atoms with van der Waals surface area (Å²) in [4.78, 5) is 14.2. The molecular weight excluding hydrogens is 249 g/mol. The first-order chi connectivity index (χ1) is 5.09. The summed E-state index contributed by atoms with van der Waals surface area (Å²) in [5.74, 6) is -1.01. The quantitative estimate of drug-likeness (QED) is 0.653. The number of carbonyl (C=O) groups is 1. The standard InChI is InChI=1S/C7H6BrNO2.K.H/c1-4-2-5(8)3-6(9-4)7(10)11;;/h2-3H,1H3,(H,10,11);;/q;+1;-1. The van der Waals surface area contributed by atoms with Gasteiger partial charge in [0.2, 0.25) is 0 Å². The molecule has 1 heterocycles. The van der Waals surface area contributed by atoms with Gasteiger partial charge in [-0.1, -0.05) is 15.9 Å². The first-order valence-corrected chi connectivity index (χ1v) is 3.76. The Kier molecular flexibility index (Phi) is 5.80. The summed E-state index contributed by atoms with van der Waals surface area (Å²) in [6, 6.07) is 3.22. The molecule has 1 rings (SSSR count). The van der Waals surface area contributed by atoms with Crippen LogP contribution in [0.4, 0.5) is 0 Å². The van der Waals surface area contributed by atoms with Crippen molar-refractivity contribution in [1.82, 2.24) is 4.98 Å². The van der Waals surface area contributed by atoms with E-state index in [1.807, 2.05) is 0 Å². The molecule has 0 saturated heterocycles. The Hall–Kier alpha value is 0.736. The van der Waals surface area contributed by atoms with Gasteiger partial charge in [-0.2, -0.15) is 0 Å². The number of carboxylic acid groups (broad SMARTS) is 1. The molecule has 12 heavy (non-hydrogen) atoms. The number of rotatable bonds is 1. The average Bonchev–Trinajstić information content (AvgIpc) is 1.85. The topological polar surface area (TPSA) is 50.2 Å². The van der Waals surface area contributed by atoms with E-state index >= 15 is 0 Å². The molecule has 0 atom stereocenters. The van der Waals surface area contributed by atoms with Gasteiger partial charge in [0.1, 0.15) is 5.69 Å². The summed E-state index contributed by atoms with van der Waals surface area (Å²) >= 11 is 3.18. The fourth-order valence-electron chi connectivity index (χ4n) is 0.736. The van der Waals surface area contributed by atoms with Gasteiger partial charge in [0.05, 0.1) is 0 Å². The summed E-state index contributed by atoms with van der Waals surface area (Å²) in [7, 11) is 0. The van der Waals surface area contributed by atoms with Crippen LogP contribution in [-0.2, 0) is 0 Å². The van der Waals surface area contributed by atoms with Gasteiger partial charge in [0, 0.05) is 10.2 Å². The molecule has 0 aliphatic carbocycles. The number of pyridine rings is 1. The number of hydrogen-bond acceptors (Lipinski definition) is 2. The number of halogens is 1. The van der Waals surface area contributed by atoms with Crippen LogP contribution >= 0.6 is 15.9 Å². The smallest absolute Gasteiger partial charge is 1.00 e. The first kappa shape index (κ1) is 12.7. The van der Waals surface area contributed by atoms with E-state index in [0.29, 0.717) is 5.69 Å². The van der Waals surface area contributed by atoms with Gasteiger partial charge < -0.3 is 6.53 Å². The SMILES string of the molecule is Cc1cc(Br)cc(C(=O)O)n1.[H-].[K+]. The minimum Gasteiger partial charge on any atom is -1.00 e. The molecule has 1 aromatic rings. The van der Waals surface area contributed by atoms with Crippen LogP contribution in [0.3, 0.4) is 0 Å². The number of aromatic nitrogens is 1. The first-order valence-electron chi connectivity index (χ1n) is 2.97. The molecular formula is C7H7BrKNO2. The number of carboxylic acids is 1. The van der Waals surface area contributed by atoms with Crippen LogP contribution in [0, 0.1) is 6.92 Å². The van der Waals surface area contributed by atoms with E-state index in [1.54, 1.807) is 13.0 Å². The van der Waals surface area contributed by atoms with E-state index in [2.05, 4.69) is 20.9 Å². The molecule has 0 saturated carbocycles. The predicted molar refractivity (Wildman–Crippen MR) is 44.7 cm³/mol. The van der Waals surface area contributed by atoms with Crippen LogP contribution in [0.15, 0.2) is 16.6 Å². The summed E-state index contributed by atoms with van der Waals surface area (Å²) in [6.45, 7) is 1.75. The normalized spacial score (nSPS) is 8.83. The monoisotopic (exact) mass is 255 g/mol. The second-order valence-electron chi connectivity index (χ2n) is 2.12. The van der Waals surface area contributed by atoms with Crippen molar-refractivity contribution in [3.8, 4) is 0 Å². The van der Waals surface area contributed by atoms with Crippen molar-refractivity contribution >= 4 is 21.9 Å². The predicted octanol–water partition coefficient (Wildman–Crippen LogP) is -1.03. The minimum absolute atomic E-state index is 0. The number of nitrogens with zero attached hydrogens (tertiary/aromatic N) is 1. The van der Waals surface area contributed by atoms with Crippen LogP contribution < -0.4 is 51.4 Å². The fourth-order valence-corrected chi connectivity index (χ4v) is 1.28. The largest absolute Gasteiger partial charge is 1.00 e. The van der Waals surface area contributed by atoms with Crippen LogP contribution in [0.2, 0.25) is 0 Å². The fraction of sp³-hybridized carbons (Fsp3) is 0.143. The van der Waals surface area contributed by atoms with Gasteiger partial charge in [-0.3, -0.25) is 0 Å². The molecule has 0 aromatic carbocycles. The Morgan fingerprint density at radius 3 is 2.67 bits per heavy atom. The maximum atomic E-state index is 10.4. The van der Waals surface area contributed by atoms with Gasteiger partial charge in [0.25, 0.3) is 0 Å². The molecule has 5 heteroatoms. The molecule has 0 fully saturated rings. The van der Waals surface area contributed by atoms with Crippen molar-refractivity contribution in [3.63, 3.8) is 0 Å². The average molecular weight is 256 g/mol. The van der Waals surface area contributed by atoms with Gasteiger partial charge in [-0.25, -0.2) is 9.78 Å². The van der Waals surface area contributed by atoms with Gasteiger partial charge in [0.15, 0.2) is 0 Å². The van der Waals surface area contributed by atoms with Gasteiger partial charge in [-0.15, -0.1) is 0 Å². The van der Waals surface area contributed by atoms with E-state index in [9.17, 15) is 4.79 Å². The van der Waals surface area contributed by atoms with Crippen LogP contribution in [0.25, 0.3) is 0 Å². The zero-order valence-electron chi connectivity index (χ0n) is 7.84. The van der Waals surface area contributed by atoms with Crippen molar-refractivity contribution in [1.29, 1.82) is 0 Å². The molecule has 0 amide bonds. The Balaban J connectivity index is 0. The second-order valence-corrected chi connectivity index (χ2v) is 3.03. The van der Waals surface area contributed by atoms with E-state index in [-0.39, 0.29) is 58.5 Å². The molecule has 0 aliphatic heterocycles. The summed E-state index contributed by atoms with van der Waals surface area (Å²) < 4.78 is 0.738. The Morgan fingerprint density at radius 1 is 1.67 bits per heavy atom. The third-order valence-corrected chi connectivity index (χ3v) is 1.60. The molecule has 0 radical (unpaired) electrons. The van der Waals surface area contributed by atoms with E-state index in [0.717, 1.165) is 4.47 Å². The van der Waals surface area contributed by atoms with Crippen molar-refractivity contribution in [3.05, 3.63) is 28.0 Å². The molecule has 1 aromatic heterocycles. The maximum absolute atomic E-state index is 10.4. The number of aryl methyl sites for hydroxylation is 1. The van der Waals surface area contributed by atoms with Gasteiger partial charge in [-0.05, 0) is 19.1 Å². The molecule has 0 bridgehead atoms. The molecule has 0 aliphatic rings.